The highest BCUT2D eigenvalue weighted by Gasteiger charge is 2.25. The lowest BCUT2D eigenvalue weighted by molar-refractivity contribution is -0.137. The average Bonchev–Trinajstić information content (AvgIpc) is 2.09. The van der Waals surface area contributed by atoms with E-state index in [1.165, 1.54) is 10.7 Å². The highest BCUT2D eigenvalue weighted by atomic mass is 32.2. The van der Waals surface area contributed by atoms with Gasteiger partial charge in [-0.2, -0.15) is 0 Å². The summed E-state index contributed by atoms with van der Waals surface area (Å²) in [5, 5.41) is 8.43. The van der Waals surface area contributed by atoms with Gasteiger partial charge >= 0.3 is 5.97 Å². The van der Waals surface area contributed by atoms with Crippen LogP contribution in [0.15, 0.2) is 0 Å². The summed E-state index contributed by atoms with van der Waals surface area (Å²) in [7, 11) is -1.68. The SMILES string of the molecule is CN(CC1CCC1)S(=O)(=O)CCCC(=O)O. The monoisotopic (exact) mass is 249 g/mol. The van der Waals surface area contributed by atoms with E-state index < -0.39 is 16.0 Å². The van der Waals surface area contributed by atoms with E-state index in [0.29, 0.717) is 12.5 Å². The zero-order chi connectivity index (χ0) is 12.2. The molecule has 0 atom stereocenters. The number of carboxylic acid groups (broad SMARTS) is 1. The van der Waals surface area contributed by atoms with Gasteiger partial charge in [-0.1, -0.05) is 6.42 Å². The van der Waals surface area contributed by atoms with Crippen LogP contribution in [0.2, 0.25) is 0 Å². The Morgan fingerprint density at radius 3 is 2.50 bits per heavy atom. The number of hydrogen-bond acceptors (Lipinski definition) is 3. The molecule has 1 rings (SSSR count). The van der Waals surface area contributed by atoms with Gasteiger partial charge in [0.2, 0.25) is 10.0 Å². The van der Waals surface area contributed by atoms with Gasteiger partial charge in [-0.15, -0.1) is 0 Å². The van der Waals surface area contributed by atoms with Crippen LogP contribution in [-0.4, -0.2) is 43.1 Å². The van der Waals surface area contributed by atoms with Crippen molar-refractivity contribution in [2.75, 3.05) is 19.3 Å². The Kier molecular flexibility index (Phi) is 4.73. The van der Waals surface area contributed by atoms with E-state index in [-0.39, 0.29) is 18.6 Å². The fourth-order valence-electron chi connectivity index (χ4n) is 1.71. The average molecular weight is 249 g/mol. The molecule has 1 aliphatic carbocycles. The molecule has 0 aromatic heterocycles. The highest BCUT2D eigenvalue weighted by Crippen LogP contribution is 2.27. The van der Waals surface area contributed by atoms with Crippen molar-refractivity contribution < 1.29 is 18.3 Å². The first kappa shape index (κ1) is 13.4. The number of nitrogens with zero attached hydrogens (tertiary/aromatic N) is 1. The van der Waals surface area contributed by atoms with Crippen molar-refractivity contribution in [3.8, 4) is 0 Å². The number of rotatable bonds is 7. The molecule has 0 bridgehead atoms. The van der Waals surface area contributed by atoms with E-state index in [2.05, 4.69) is 0 Å². The minimum atomic E-state index is -3.26. The summed E-state index contributed by atoms with van der Waals surface area (Å²) in [6.45, 7) is 0.579. The molecule has 6 heteroatoms. The molecule has 16 heavy (non-hydrogen) atoms. The van der Waals surface area contributed by atoms with Crippen molar-refractivity contribution in [3.63, 3.8) is 0 Å². The Morgan fingerprint density at radius 1 is 1.44 bits per heavy atom. The summed E-state index contributed by atoms with van der Waals surface area (Å²) in [5.74, 6) is -0.515. The Hall–Kier alpha value is -0.620. The fraction of sp³-hybridized carbons (Fsp3) is 0.900. The molecule has 1 fully saturated rings. The second-order valence-corrected chi connectivity index (χ2v) is 6.59. The number of carbonyl (C=O) groups is 1. The van der Waals surface area contributed by atoms with Gasteiger partial charge < -0.3 is 5.11 Å². The molecule has 1 saturated carbocycles. The van der Waals surface area contributed by atoms with Gasteiger partial charge in [0.15, 0.2) is 0 Å². The van der Waals surface area contributed by atoms with Gasteiger partial charge in [0.25, 0.3) is 0 Å². The van der Waals surface area contributed by atoms with E-state index in [0.717, 1.165) is 12.8 Å². The smallest absolute Gasteiger partial charge is 0.303 e. The third-order valence-corrected chi connectivity index (χ3v) is 4.91. The molecule has 1 aliphatic rings. The zero-order valence-corrected chi connectivity index (χ0v) is 10.4. The Labute approximate surface area is 96.5 Å². The highest BCUT2D eigenvalue weighted by molar-refractivity contribution is 7.89. The van der Waals surface area contributed by atoms with Crippen LogP contribution in [0.25, 0.3) is 0 Å². The van der Waals surface area contributed by atoms with Crippen LogP contribution >= 0.6 is 0 Å². The first-order valence-electron chi connectivity index (χ1n) is 5.57. The second kappa shape index (κ2) is 5.63. The zero-order valence-electron chi connectivity index (χ0n) is 9.55. The van der Waals surface area contributed by atoms with E-state index in [4.69, 9.17) is 5.11 Å². The largest absolute Gasteiger partial charge is 0.481 e. The lowest BCUT2D eigenvalue weighted by Gasteiger charge is -2.29. The Balaban J connectivity index is 2.33. The van der Waals surface area contributed by atoms with Crippen molar-refractivity contribution in [1.82, 2.24) is 4.31 Å². The number of carboxylic acids is 1. The fourth-order valence-corrected chi connectivity index (χ4v) is 2.97. The standard InChI is InChI=1S/C10H19NO4S/c1-11(8-9-4-2-5-9)16(14,15)7-3-6-10(12)13/h9H,2-8H2,1H3,(H,12,13). The van der Waals surface area contributed by atoms with E-state index in [9.17, 15) is 13.2 Å². The van der Waals surface area contributed by atoms with Crippen LogP contribution in [0.5, 0.6) is 0 Å². The normalized spacial score (nSPS) is 17.4. The molecular formula is C10H19NO4S. The van der Waals surface area contributed by atoms with E-state index in [1.54, 1.807) is 7.05 Å². The molecule has 0 aliphatic heterocycles. The van der Waals surface area contributed by atoms with Gasteiger partial charge in [-0.05, 0) is 25.2 Å². The van der Waals surface area contributed by atoms with E-state index in [1.807, 2.05) is 0 Å². The van der Waals surface area contributed by atoms with Crippen molar-refractivity contribution >= 4 is 16.0 Å². The number of sulfonamides is 1. The molecule has 0 amide bonds. The van der Waals surface area contributed by atoms with Gasteiger partial charge in [0, 0.05) is 20.0 Å². The first-order valence-corrected chi connectivity index (χ1v) is 7.18. The molecule has 0 aromatic carbocycles. The lowest BCUT2D eigenvalue weighted by Crippen LogP contribution is -2.35. The van der Waals surface area contributed by atoms with Crippen molar-refractivity contribution in [2.24, 2.45) is 5.92 Å². The van der Waals surface area contributed by atoms with Gasteiger partial charge in [-0.25, -0.2) is 12.7 Å². The number of hydrogen-bond donors (Lipinski definition) is 1. The Bertz CT molecular complexity index is 335. The third kappa shape index (κ3) is 4.09. The van der Waals surface area contributed by atoms with Crippen LogP contribution < -0.4 is 0 Å². The second-order valence-electron chi connectivity index (χ2n) is 4.39. The Morgan fingerprint density at radius 2 is 2.06 bits per heavy atom. The molecule has 0 heterocycles. The number of aliphatic carboxylic acids is 1. The molecule has 0 unspecified atom stereocenters. The maximum absolute atomic E-state index is 11.7. The maximum atomic E-state index is 11.7. The van der Waals surface area contributed by atoms with Crippen LogP contribution in [0, 0.1) is 5.92 Å². The van der Waals surface area contributed by atoms with E-state index >= 15 is 0 Å². The lowest BCUT2D eigenvalue weighted by atomic mass is 9.86. The molecule has 0 spiro atoms. The van der Waals surface area contributed by atoms with Crippen LogP contribution in [0.3, 0.4) is 0 Å². The predicted molar refractivity (Wildman–Crippen MR) is 60.6 cm³/mol. The summed E-state index contributed by atoms with van der Waals surface area (Å²) < 4.78 is 24.8. The summed E-state index contributed by atoms with van der Waals surface area (Å²) >= 11 is 0. The summed E-state index contributed by atoms with van der Waals surface area (Å²) in [6.07, 6.45) is 3.50. The quantitative estimate of drug-likeness (QED) is 0.728. The van der Waals surface area contributed by atoms with Gasteiger partial charge in [0.1, 0.15) is 0 Å². The first-order chi connectivity index (χ1) is 7.42. The summed E-state index contributed by atoms with van der Waals surface area (Å²) in [5.41, 5.74) is 0. The topological polar surface area (TPSA) is 74.7 Å². The molecule has 0 aromatic rings. The summed E-state index contributed by atoms with van der Waals surface area (Å²) in [4.78, 5) is 10.3. The molecule has 0 radical (unpaired) electrons. The molecule has 1 N–H and O–H groups in total. The molecule has 5 nitrogen and oxygen atoms in total. The van der Waals surface area contributed by atoms with Crippen LogP contribution in [-0.2, 0) is 14.8 Å². The van der Waals surface area contributed by atoms with Gasteiger partial charge in [0.05, 0.1) is 5.75 Å². The van der Waals surface area contributed by atoms with Crippen molar-refractivity contribution in [1.29, 1.82) is 0 Å². The van der Waals surface area contributed by atoms with Crippen molar-refractivity contribution in [3.05, 3.63) is 0 Å². The third-order valence-electron chi connectivity index (χ3n) is 3.01. The molecule has 94 valence electrons. The van der Waals surface area contributed by atoms with Crippen LogP contribution in [0.1, 0.15) is 32.1 Å². The molecular weight excluding hydrogens is 230 g/mol. The predicted octanol–water partition coefficient (Wildman–Crippen LogP) is 0.913. The minimum Gasteiger partial charge on any atom is -0.481 e. The van der Waals surface area contributed by atoms with Crippen molar-refractivity contribution in [2.45, 2.75) is 32.1 Å². The van der Waals surface area contributed by atoms with Gasteiger partial charge in [-0.3, -0.25) is 4.79 Å². The minimum absolute atomic E-state index is 0.0669. The summed E-state index contributed by atoms with van der Waals surface area (Å²) in [6, 6.07) is 0. The van der Waals surface area contributed by atoms with Crippen LogP contribution in [0.4, 0.5) is 0 Å². The molecule has 0 saturated heterocycles. The maximum Gasteiger partial charge on any atom is 0.303 e.